The van der Waals surface area contributed by atoms with E-state index in [1.165, 1.54) is 5.56 Å². The van der Waals surface area contributed by atoms with E-state index in [2.05, 4.69) is 16.8 Å². The van der Waals surface area contributed by atoms with Gasteiger partial charge < -0.3 is 10.5 Å². The predicted octanol–water partition coefficient (Wildman–Crippen LogP) is 3.39. The quantitative estimate of drug-likeness (QED) is 0.879. The van der Waals surface area contributed by atoms with E-state index in [4.69, 9.17) is 10.5 Å². The summed E-state index contributed by atoms with van der Waals surface area (Å²) in [6.45, 7) is 2.67. The zero-order chi connectivity index (χ0) is 12.1. The van der Waals surface area contributed by atoms with Crippen molar-refractivity contribution in [2.75, 3.05) is 6.61 Å². The largest absolute Gasteiger partial charge is 0.493 e. The Morgan fingerprint density at radius 2 is 2.12 bits per heavy atom. The molecule has 2 aromatic rings. The highest BCUT2D eigenvalue weighted by Crippen LogP contribution is 2.23. The summed E-state index contributed by atoms with van der Waals surface area (Å²) in [5.74, 6) is 0.901. The Kier molecular flexibility index (Phi) is 4.18. The van der Waals surface area contributed by atoms with Crippen molar-refractivity contribution in [2.24, 2.45) is 5.73 Å². The monoisotopic (exact) mass is 247 g/mol. The summed E-state index contributed by atoms with van der Waals surface area (Å²) in [4.78, 5) is 0. The van der Waals surface area contributed by atoms with Gasteiger partial charge in [-0.1, -0.05) is 18.2 Å². The van der Waals surface area contributed by atoms with Gasteiger partial charge in [0.25, 0.3) is 0 Å². The maximum absolute atomic E-state index is 5.90. The minimum atomic E-state index is 0.00680. The first-order valence-corrected chi connectivity index (χ1v) is 6.70. The first-order valence-electron chi connectivity index (χ1n) is 5.76. The minimum Gasteiger partial charge on any atom is -0.493 e. The van der Waals surface area contributed by atoms with E-state index in [0.717, 1.165) is 17.7 Å². The van der Waals surface area contributed by atoms with Crippen LogP contribution in [0.5, 0.6) is 5.75 Å². The van der Waals surface area contributed by atoms with Gasteiger partial charge in [-0.15, -0.1) is 0 Å². The predicted molar refractivity (Wildman–Crippen MR) is 72.6 cm³/mol. The van der Waals surface area contributed by atoms with E-state index < -0.39 is 0 Å². The van der Waals surface area contributed by atoms with Crippen LogP contribution in [0.15, 0.2) is 41.1 Å². The zero-order valence-corrected chi connectivity index (χ0v) is 10.7. The number of hydrogen-bond donors (Lipinski definition) is 1. The third-order valence-corrected chi connectivity index (χ3v) is 3.37. The molecule has 0 spiro atoms. The fraction of sp³-hybridized carbons (Fsp3) is 0.286. The van der Waals surface area contributed by atoms with Crippen molar-refractivity contribution < 1.29 is 4.74 Å². The molecule has 3 heteroatoms. The second-order valence-electron chi connectivity index (χ2n) is 4.06. The molecular weight excluding hydrogens is 230 g/mol. The lowest BCUT2D eigenvalue weighted by atomic mass is 10.1. The molecule has 0 aliphatic heterocycles. The third-order valence-electron chi connectivity index (χ3n) is 2.64. The van der Waals surface area contributed by atoms with E-state index in [1.807, 2.05) is 31.2 Å². The first kappa shape index (κ1) is 12.1. The summed E-state index contributed by atoms with van der Waals surface area (Å²) in [6, 6.07) is 10.1. The molecule has 1 heterocycles. The average Bonchev–Trinajstić information content (AvgIpc) is 2.82. The van der Waals surface area contributed by atoms with Gasteiger partial charge in [0, 0.05) is 18.0 Å². The van der Waals surface area contributed by atoms with Crippen molar-refractivity contribution in [3.8, 4) is 5.75 Å². The zero-order valence-electron chi connectivity index (χ0n) is 9.93. The van der Waals surface area contributed by atoms with E-state index >= 15 is 0 Å². The number of hydrogen-bond acceptors (Lipinski definition) is 3. The topological polar surface area (TPSA) is 35.2 Å². The smallest absolute Gasteiger partial charge is 0.124 e. The van der Waals surface area contributed by atoms with Crippen LogP contribution in [0.1, 0.15) is 24.1 Å². The molecule has 2 nitrogen and oxygen atoms in total. The molecule has 17 heavy (non-hydrogen) atoms. The van der Waals surface area contributed by atoms with Gasteiger partial charge in [-0.25, -0.2) is 0 Å². The average molecular weight is 247 g/mol. The van der Waals surface area contributed by atoms with Crippen LogP contribution in [-0.2, 0) is 6.42 Å². The van der Waals surface area contributed by atoms with Crippen molar-refractivity contribution in [2.45, 2.75) is 19.4 Å². The molecule has 90 valence electrons. The minimum absolute atomic E-state index is 0.00680. The molecule has 0 saturated carbocycles. The Balaban J connectivity index is 1.94. The summed E-state index contributed by atoms with van der Waals surface area (Å²) in [5, 5.41) is 4.24. The normalized spacial score (nSPS) is 12.4. The van der Waals surface area contributed by atoms with Crippen LogP contribution < -0.4 is 10.5 Å². The number of nitrogens with two attached hydrogens (primary N) is 1. The molecule has 0 aliphatic rings. The molecule has 0 bridgehead atoms. The van der Waals surface area contributed by atoms with Crippen LogP contribution in [0.25, 0.3) is 0 Å². The summed E-state index contributed by atoms with van der Waals surface area (Å²) in [6.07, 6.45) is 0.941. The Morgan fingerprint density at radius 3 is 2.82 bits per heavy atom. The number of para-hydroxylation sites is 1. The van der Waals surface area contributed by atoms with Crippen molar-refractivity contribution in [1.82, 2.24) is 0 Å². The number of ether oxygens (including phenoxy) is 1. The third kappa shape index (κ3) is 3.32. The summed E-state index contributed by atoms with van der Waals surface area (Å²) < 4.78 is 5.80. The molecule has 1 aromatic carbocycles. The van der Waals surface area contributed by atoms with Gasteiger partial charge in [0.2, 0.25) is 0 Å². The van der Waals surface area contributed by atoms with Gasteiger partial charge in [-0.05, 0) is 35.4 Å². The summed E-state index contributed by atoms with van der Waals surface area (Å²) >= 11 is 1.72. The molecule has 0 radical (unpaired) electrons. The van der Waals surface area contributed by atoms with E-state index in [9.17, 15) is 0 Å². The molecule has 0 aliphatic carbocycles. The molecule has 0 amide bonds. The van der Waals surface area contributed by atoms with Gasteiger partial charge in [0.1, 0.15) is 5.75 Å². The van der Waals surface area contributed by atoms with Crippen molar-refractivity contribution >= 4 is 11.3 Å². The summed E-state index contributed by atoms with van der Waals surface area (Å²) in [5.41, 5.74) is 8.30. The lowest BCUT2D eigenvalue weighted by Crippen LogP contribution is -2.09. The van der Waals surface area contributed by atoms with Crippen molar-refractivity contribution in [1.29, 1.82) is 0 Å². The van der Waals surface area contributed by atoms with Gasteiger partial charge in [-0.2, -0.15) is 11.3 Å². The van der Waals surface area contributed by atoms with Gasteiger partial charge >= 0.3 is 0 Å². The molecule has 0 unspecified atom stereocenters. The number of thiophene rings is 1. The van der Waals surface area contributed by atoms with Crippen LogP contribution in [0.4, 0.5) is 0 Å². The standard InChI is InChI=1S/C14H17NOS/c1-11(15)13-4-2-3-5-14(13)16-8-6-12-7-9-17-10-12/h2-5,7,9-11H,6,8,15H2,1H3/t11-/m0/s1. The van der Waals surface area contributed by atoms with Crippen molar-refractivity contribution in [3.05, 3.63) is 52.2 Å². The number of benzene rings is 1. The van der Waals surface area contributed by atoms with Crippen LogP contribution >= 0.6 is 11.3 Å². The Bertz CT molecular complexity index is 451. The van der Waals surface area contributed by atoms with Crippen LogP contribution in [0.3, 0.4) is 0 Å². The maximum atomic E-state index is 5.90. The van der Waals surface area contributed by atoms with E-state index in [1.54, 1.807) is 11.3 Å². The van der Waals surface area contributed by atoms with E-state index in [0.29, 0.717) is 6.61 Å². The van der Waals surface area contributed by atoms with Crippen LogP contribution in [0.2, 0.25) is 0 Å². The van der Waals surface area contributed by atoms with E-state index in [-0.39, 0.29) is 6.04 Å². The van der Waals surface area contributed by atoms with Crippen molar-refractivity contribution in [3.63, 3.8) is 0 Å². The lowest BCUT2D eigenvalue weighted by molar-refractivity contribution is 0.317. The molecule has 0 fully saturated rings. The first-order chi connectivity index (χ1) is 8.27. The molecular formula is C14H17NOS. The van der Waals surface area contributed by atoms with Gasteiger partial charge in [-0.3, -0.25) is 0 Å². The summed E-state index contributed by atoms with van der Waals surface area (Å²) in [7, 11) is 0. The lowest BCUT2D eigenvalue weighted by Gasteiger charge is -2.13. The second kappa shape index (κ2) is 5.84. The molecule has 2 rings (SSSR count). The molecule has 2 N–H and O–H groups in total. The highest BCUT2D eigenvalue weighted by Gasteiger charge is 2.06. The van der Waals surface area contributed by atoms with Crippen LogP contribution in [-0.4, -0.2) is 6.61 Å². The molecule has 1 aromatic heterocycles. The fourth-order valence-electron chi connectivity index (χ4n) is 1.70. The van der Waals surface area contributed by atoms with Crippen LogP contribution in [0, 0.1) is 0 Å². The van der Waals surface area contributed by atoms with Gasteiger partial charge in [0.05, 0.1) is 6.61 Å². The Morgan fingerprint density at radius 1 is 1.29 bits per heavy atom. The second-order valence-corrected chi connectivity index (χ2v) is 4.84. The Labute approximate surface area is 106 Å². The Hall–Kier alpha value is -1.32. The highest BCUT2D eigenvalue weighted by atomic mass is 32.1. The van der Waals surface area contributed by atoms with Gasteiger partial charge in [0.15, 0.2) is 0 Å². The maximum Gasteiger partial charge on any atom is 0.124 e. The molecule has 0 saturated heterocycles. The highest BCUT2D eigenvalue weighted by molar-refractivity contribution is 7.07. The SMILES string of the molecule is C[C@H](N)c1ccccc1OCCc1ccsc1. The fourth-order valence-corrected chi connectivity index (χ4v) is 2.41. The number of rotatable bonds is 5. The molecule has 1 atom stereocenters.